The van der Waals surface area contributed by atoms with E-state index in [-0.39, 0.29) is 12.1 Å². The van der Waals surface area contributed by atoms with Crippen molar-refractivity contribution in [3.63, 3.8) is 0 Å². The lowest BCUT2D eigenvalue weighted by Crippen LogP contribution is -2.48. The first kappa shape index (κ1) is 14.0. The molecule has 11 heteroatoms. The third kappa shape index (κ3) is 3.03. The molecular weight excluding hydrogens is 301 g/mol. The SMILES string of the molecule is NC1=C2NC=NC2NC(c2ccc(OCP(=O)(O)O)o2)N1. The number of nitrogens with zero attached hydrogens (tertiary/aromatic N) is 1. The fourth-order valence-corrected chi connectivity index (χ4v) is 2.28. The molecule has 0 aliphatic carbocycles. The van der Waals surface area contributed by atoms with Gasteiger partial charge in [-0.1, -0.05) is 0 Å². The summed E-state index contributed by atoms with van der Waals surface area (Å²) in [4.78, 5) is 21.7. The van der Waals surface area contributed by atoms with Crippen LogP contribution in [0.2, 0.25) is 0 Å². The first-order valence-electron chi connectivity index (χ1n) is 6.00. The summed E-state index contributed by atoms with van der Waals surface area (Å²) < 4.78 is 21.0. The first-order valence-corrected chi connectivity index (χ1v) is 7.80. The van der Waals surface area contributed by atoms with Gasteiger partial charge in [0.05, 0.1) is 12.0 Å². The third-order valence-electron chi connectivity index (χ3n) is 2.89. The Morgan fingerprint density at radius 2 is 2.29 bits per heavy atom. The Hall–Kier alpha value is -2.00. The molecule has 0 bridgehead atoms. The van der Waals surface area contributed by atoms with E-state index in [1.54, 1.807) is 12.4 Å². The molecule has 2 unspecified atom stereocenters. The lowest BCUT2D eigenvalue weighted by molar-refractivity contribution is 0.233. The minimum atomic E-state index is -4.25. The minimum Gasteiger partial charge on any atom is -0.452 e. The lowest BCUT2D eigenvalue weighted by Gasteiger charge is -2.29. The van der Waals surface area contributed by atoms with Crippen LogP contribution in [0.25, 0.3) is 0 Å². The summed E-state index contributed by atoms with van der Waals surface area (Å²) in [6, 6.07) is 3.09. The summed E-state index contributed by atoms with van der Waals surface area (Å²) in [7, 11) is -4.25. The van der Waals surface area contributed by atoms with Crippen molar-refractivity contribution in [3.8, 4) is 5.95 Å². The summed E-state index contributed by atoms with van der Waals surface area (Å²) in [6.45, 7) is 0. The maximum absolute atomic E-state index is 10.7. The van der Waals surface area contributed by atoms with Gasteiger partial charge in [-0.05, 0) is 6.07 Å². The second-order valence-electron chi connectivity index (χ2n) is 4.49. The largest absolute Gasteiger partial charge is 0.452 e. The number of furan rings is 1. The van der Waals surface area contributed by atoms with Gasteiger partial charge in [0.2, 0.25) is 0 Å². The molecule has 10 nitrogen and oxygen atoms in total. The fourth-order valence-electron chi connectivity index (χ4n) is 1.99. The van der Waals surface area contributed by atoms with Gasteiger partial charge in [-0.25, -0.2) is 0 Å². The molecule has 1 aromatic rings. The van der Waals surface area contributed by atoms with Gasteiger partial charge in [-0.2, -0.15) is 0 Å². The van der Waals surface area contributed by atoms with Crippen molar-refractivity contribution in [1.82, 2.24) is 16.0 Å². The molecule has 0 radical (unpaired) electrons. The number of aliphatic imine (C=N–C) groups is 1. The highest BCUT2D eigenvalue weighted by Gasteiger charge is 2.31. The molecule has 114 valence electrons. The van der Waals surface area contributed by atoms with Crippen LogP contribution in [0.4, 0.5) is 0 Å². The normalized spacial score (nSPS) is 24.5. The van der Waals surface area contributed by atoms with Gasteiger partial charge in [-0.3, -0.25) is 14.9 Å². The molecule has 0 spiro atoms. The van der Waals surface area contributed by atoms with Crippen molar-refractivity contribution in [3.05, 3.63) is 29.4 Å². The molecule has 3 heterocycles. The van der Waals surface area contributed by atoms with Crippen molar-refractivity contribution >= 4 is 13.9 Å². The highest BCUT2D eigenvalue weighted by Crippen LogP contribution is 2.35. The minimum absolute atomic E-state index is 0.0123. The molecule has 0 aromatic carbocycles. The van der Waals surface area contributed by atoms with E-state index in [9.17, 15) is 4.57 Å². The van der Waals surface area contributed by atoms with E-state index in [1.807, 2.05) is 0 Å². The van der Waals surface area contributed by atoms with Crippen LogP contribution >= 0.6 is 7.60 Å². The highest BCUT2D eigenvalue weighted by atomic mass is 31.2. The molecule has 2 aliphatic rings. The molecule has 2 aliphatic heterocycles. The Balaban J connectivity index is 1.70. The van der Waals surface area contributed by atoms with Crippen LogP contribution in [-0.4, -0.2) is 28.6 Å². The zero-order chi connectivity index (χ0) is 15.0. The van der Waals surface area contributed by atoms with E-state index in [2.05, 4.69) is 20.9 Å². The van der Waals surface area contributed by atoms with E-state index in [0.717, 1.165) is 5.70 Å². The first-order chi connectivity index (χ1) is 9.92. The van der Waals surface area contributed by atoms with Gasteiger partial charge < -0.3 is 35.3 Å². The zero-order valence-electron chi connectivity index (χ0n) is 10.7. The van der Waals surface area contributed by atoms with Gasteiger partial charge in [0.15, 0.2) is 6.35 Å². The van der Waals surface area contributed by atoms with Crippen LogP contribution in [0.3, 0.4) is 0 Å². The molecular formula is C10H14N5O5P. The summed E-state index contributed by atoms with van der Waals surface area (Å²) >= 11 is 0. The van der Waals surface area contributed by atoms with E-state index in [0.29, 0.717) is 11.6 Å². The van der Waals surface area contributed by atoms with E-state index in [4.69, 9.17) is 24.7 Å². The monoisotopic (exact) mass is 315 g/mol. The Kier molecular flexibility index (Phi) is 3.38. The van der Waals surface area contributed by atoms with Gasteiger partial charge in [0.1, 0.15) is 23.9 Å². The van der Waals surface area contributed by atoms with Gasteiger partial charge >= 0.3 is 7.60 Å². The molecule has 21 heavy (non-hydrogen) atoms. The number of rotatable bonds is 4. The number of nitrogens with one attached hydrogen (secondary N) is 3. The molecule has 0 amide bonds. The molecule has 1 aromatic heterocycles. The maximum Gasteiger partial charge on any atom is 0.362 e. The Bertz CT molecular complexity index is 650. The predicted molar refractivity (Wildman–Crippen MR) is 71.9 cm³/mol. The topological polar surface area (TPSA) is 154 Å². The smallest absolute Gasteiger partial charge is 0.362 e. The van der Waals surface area contributed by atoms with Crippen LogP contribution in [0.5, 0.6) is 5.95 Å². The van der Waals surface area contributed by atoms with Crippen molar-refractivity contribution < 1.29 is 23.5 Å². The molecule has 0 fully saturated rings. The third-order valence-corrected chi connectivity index (χ3v) is 3.36. The Morgan fingerprint density at radius 3 is 3.05 bits per heavy atom. The zero-order valence-corrected chi connectivity index (χ0v) is 11.6. The number of ether oxygens (including phenoxy) is 1. The van der Waals surface area contributed by atoms with Crippen LogP contribution in [0.1, 0.15) is 11.9 Å². The second-order valence-corrected chi connectivity index (χ2v) is 6.08. The Morgan fingerprint density at radius 1 is 1.48 bits per heavy atom. The second kappa shape index (κ2) is 5.08. The maximum atomic E-state index is 10.7. The summed E-state index contributed by atoms with van der Waals surface area (Å²) in [6.07, 6.45) is 0.0822. The number of hydrogen-bond acceptors (Lipinski definition) is 8. The summed E-state index contributed by atoms with van der Waals surface area (Å²) in [5.74, 6) is 0.911. The molecule has 7 N–H and O–H groups in total. The average Bonchev–Trinajstić information content (AvgIpc) is 3.04. The number of nitrogens with two attached hydrogens (primary N) is 1. The lowest BCUT2D eigenvalue weighted by atomic mass is 10.2. The average molecular weight is 315 g/mol. The Labute approximate surface area is 119 Å². The molecule has 0 saturated heterocycles. The quantitative estimate of drug-likeness (QED) is 0.387. The highest BCUT2D eigenvalue weighted by molar-refractivity contribution is 7.51. The predicted octanol–water partition coefficient (Wildman–Crippen LogP) is -0.930. The fraction of sp³-hybridized carbons (Fsp3) is 0.300. The van der Waals surface area contributed by atoms with Gasteiger partial charge in [0.25, 0.3) is 5.95 Å². The van der Waals surface area contributed by atoms with Crippen LogP contribution in [0, 0.1) is 0 Å². The van der Waals surface area contributed by atoms with Crippen molar-refractivity contribution in [1.29, 1.82) is 0 Å². The van der Waals surface area contributed by atoms with Crippen molar-refractivity contribution in [2.45, 2.75) is 12.3 Å². The van der Waals surface area contributed by atoms with Gasteiger partial charge in [-0.15, -0.1) is 0 Å². The summed E-state index contributed by atoms with van der Waals surface area (Å²) in [5, 5.41) is 9.04. The van der Waals surface area contributed by atoms with Crippen LogP contribution in [-0.2, 0) is 4.57 Å². The van der Waals surface area contributed by atoms with E-state index >= 15 is 0 Å². The van der Waals surface area contributed by atoms with Crippen molar-refractivity contribution in [2.24, 2.45) is 10.7 Å². The molecule has 2 atom stereocenters. The van der Waals surface area contributed by atoms with Crippen LogP contribution < -0.4 is 26.4 Å². The van der Waals surface area contributed by atoms with E-state index in [1.165, 1.54) is 6.07 Å². The number of hydrogen-bond donors (Lipinski definition) is 6. The molecule has 3 rings (SSSR count). The van der Waals surface area contributed by atoms with Crippen LogP contribution in [0.15, 0.2) is 33.1 Å². The van der Waals surface area contributed by atoms with E-state index < -0.39 is 20.1 Å². The molecule has 0 saturated carbocycles. The standard InChI is InChI=1S/C10H14N5O5P/c11-8-7-10(13-3-12-7)15-9(14-8)5-1-2-6(20-5)19-4-21(16,17)18/h1-3,9-10,14-15H,4,11H2,(H,12,13)(H2,16,17,18). The number of fused-ring (bicyclic) bond motifs is 1. The van der Waals surface area contributed by atoms with Crippen molar-refractivity contribution in [2.75, 3.05) is 6.35 Å². The van der Waals surface area contributed by atoms with Gasteiger partial charge in [0, 0.05) is 6.07 Å². The summed E-state index contributed by atoms with van der Waals surface area (Å²) in [5.41, 5.74) is 6.61.